The van der Waals surface area contributed by atoms with Crippen LogP contribution in [0, 0.1) is 0 Å². The van der Waals surface area contributed by atoms with E-state index in [1.165, 1.54) is 4.90 Å². The molecule has 0 aromatic heterocycles. The van der Waals surface area contributed by atoms with E-state index in [0.29, 0.717) is 5.56 Å². The van der Waals surface area contributed by atoms with Gasteiger partial charge >= 0.3 is 12.1 Å². The molecule has 1 heterocycles. The highest BCUT2D eigenvalue weighted by Crippen LogP contribution is 2.26. The summed E-state index contributed by atoms with van der Waals surface area (Å²) in [5.74, 6) is -1.71. The first-order valence-electron chi connectivity index (χ1n) is 9.80. The lowest BCUT2D eigenvalue weighted by Gasteiger charge is -2.37. The van der Waals surface area contributed by atoms with Crippen LogP contribution in [0.3, 0.4) is 0 Å². The van der Waals surface area contributed by atoms with Crippen LogP contribution in [0.1, 0.15) is 43.5 Å². The van der Waals surface area contributed by atoms with Gasteiger partial charge in [-0.05, 0) is 37.5 Å². The normalized spacial score (nSPS) is 16.9. The Morgan fingerprint density at radius 1 is 1.03 bits per heavy atom. The lowest BCUT2D eigenvalue weighted by atomic mass is 9.93. The minimum absolute atomic E-state index is 0.215. The van der Waals surface area contributed by atoms with Gasteiger partial charge in [0.05, 0.1) is 6.54 Å². The maximum atomic E-state index is 13.2. The van der Waals surface area contributed by atoms with E-state index in [4.69, 9.17) is 4.74 Å². The Morgan fingerprint density at radius 3 is 2.23 bits per heavy atom. The zero-order chi connectivity index (χ0) is 21.9. The minimum atomic E-state index is -1.21. The van der Waals surface area contributed by atoms with Gasteiger partial charge in [-0.1, -0.05) is 54.6 Å². The smallest absolute Gasteiger partial charge is 0.411 e. The van der Waals surface area contributed by atoms with Gasteiger partial charge in [0.15, 0.2) is 6.04 Å². The number of rotatable bonds is 4. The Bertz CT molecular complexity index is 936. The molecule has 2 amide bonds. The summed E-state index contributed by atoms with van der Waals surface area (Å²) in [7, 11) is 0. The van der Waals surface area contributed by atoms with E-state index in [-0.39, 0.29) is 13.0 Å². The van der Waals surface area contributed by atoms with E-state index < -0.39 is 35.7 Å². The Labute approximate surface area is 175 Å². The van der Waals surface area contributed by atoms with Crippen molar-refractivity contribution in [2.45, 2.75) is 51.4 Å². The number of carboxylic acid groups (broad SMARTS) is 1. The van der Waals surface area contributed by atoms with Gasteiger partial charge in [0.25, 0.3) is 0 Å². The van der Waals surface area contributed by atoms with Crippen LogP contribution in [0.4, 0.5) is 4.79 Å². The van der Waals surface area contributed by atoms with E-state index in [9.17, 15) is 19.5 Å². The number of aliphatic carboxylic acids is 1. The number of benzene rings is 2. The second-order valence-corrected chi connectivity index (χ2v) is 8.29. The van der Waals surface area contributed by atoms with Crippen LogP contribution in [-0.2, 0) is 27.3 Å². The number of hydrogen-bond acceptors (Lipinski definition) is 4. The van der Waals surface area contributed by atoms with E-state index in [2.05, 4.69) is 5.32 Å². The predicted molar refractivity (Wildman–Crippen MR) is 111 cm³/mol. The lowest BCUT2D eigenvalue weighted by Crippen LogP contribution is -2.54. The molecule has 2 atom stereocenters. The van der Waals surface area contributed by atoms with E-state index in [0.717, 1.165) is 11.1 Å². The van der Waals surface area contributed by atoms with Crippen LogP contribution < -0.4 is 5.32 Å². The molecule has 30 heavy (non-hydrogen) atoms. The number of fused-ring (bicyclic) bond motifs is 1. The first-order valence-corrected chi connectivity index (χ1v) is 9.80. The molecule has 0 aliphatic carbocycles. The molecule has 2 N–H and O–H groups in total. The molecule has 1 aliphatic heterocycles. The highest BCUT2D eigenvalue weighted by atomic mass is 16.6. The van der Waals surface area contributed by atoms with Crippen LogP contribution in [-0.4, -0.2) is 39.6 Å². The van der Waals surface area contributed by atoms with Crippen LogP contribution in [0.5, 0.6) is 0 Å². The largest absolute Gasteiger partial charge is 0.479 e. The first-order chi connectivity index (χ1) is 14.2. The highest BCUT2D eigenvalue weighted by molar-refractivity contribution is 5.90. The topological polar surface area (TPSA) is 95.9 Å². The zero-order valence-electron chi connectivity index (χ0n) is 17.3. The highest BCUT2D eigenvalue weighted by Gasteiger charge is 2.38. The van der Waals surface area contributed by atoms with Gasteiger partial charge in [-0.3, -0.25) is 9.69 Å². The van der Waals surface area contributed by atoms with E-state index in [1.807, 2.05) is 24.3 Å². The Morgan fingerprint density at radius 2 is 1.63 bits per heavy atom. The molecule has 0 fully saturated rings. The number of carbonyl (C=O) groups excluding carboxylic acids is 2. The van der Waals surface area contributed by atoms with Crippen molar-refractivity contribution in [2.24, 2.45) is 0 Å². The molecule has 0 spiro atoms. The number of hydrogen-bond donors (Lipinski definition) is 2. The van der Waals surface area contributed by atoms with Crippen molar-refractivity contribution in [3.05, 3.63) is 71.3 Å². The fourth-order valence-electron chi connectivity index (χ4n) is 3.44. The van der Waals surface area contributed by atoms with Crippen molar-refractivity contribution in [3.8, 4) is 0 Å². The molecular weight excluding hydrogens is 384 g/mol. The molecule has 3 rings (SSSR count). The van der Waals surface area contributed by atoms with Gasteiger partial charge in [0.2, 0.25) is 5.91 Å². The molecule has 0 radical (unpaired) electrons. The lowest BCUT2D eigenvalue weighted by molar-refractivity contribution is -0.143. The second-order valence-electron chi connectivity index (χ2n) is 8.29. The van der Waals surface area contributed by atoms with Crippen LogP contribution in [0.25, 0.3) is 0 Å². The molecular formula is C23H26N2O5. The fraction of sp³-hybridized carbons (Fsp3) is 0.348. The summed E-state index contributed by atoms with van der Waals surface area (Å²) in [5.41, 5.74) is 1.62. The van der Waals surface area contributed by atoms with E-state index in [1.54, 1.807) is 51.1 Å². The van der Waals surface area contributed by atoms with Gasteiger partial charge in [-0.2, -0.15) is 0 Å². The molecule has 2 aromatic rings. The third-order valence-electron chi connectivity index (χ3n) is 4.85. The number of carboxylic acids is 1. The summed E-state index contributed by atoms with van der Waals surface area (Å²) in [6, 6.07) is 14.0. The fourth-order valence-corrected chi connectivity index (χ4v) is 3.44. The Balaban J connectivity index is 1.88. The monoisotopic (exact) mass is 410 g/mol. The van der Waals surface area contributed by atoms with Crippen LogP contribution in [0.2, 0.25) is 0 Å². The first kappa shape index (κ1) is 21.4. The standard InChI is InChI=1S/C23H26N2O5/c1-23(2,3)30-22(29)25-14-17-12-8-7-11-16(17)13-18(25)20(26)24-19(21(27)28)15-9-5-4-6-10-15/h4-12,18-19H,13-14H2,1-3H3,(H,24,26)(H,27,28)/t18-,19+/m0/s1. The van der Waals surface area contributed by atoms with Crippen molar-refractivity contribution in [1.82, 2.24) is 10.2 Å². The van der Waals surface area contributed by atoms with Crippen molar-refractivity contribution >= 4 is 18.0 Å². The second kappa shape index (κ2) is 8.57. The van der Waals surface area contributed by atoms with Crippen LogP contribution >= 0.6 is 0 Å². The maximum Gasteiger partial charge on any atom is 0.411 e. The predicted octanol–water partition coefficient (Wildman–Crippen LogP) is 3.29. The average Bonchev–Trinajstić information content (AvgIpc) is 2.70. The van der Waals surface area contributed by atoms with Gasteiger partial charge in [-0.15, -0.1) is 0 Å². The summed E-state index contributed by atoms with van der Waals surface area (Å²) in [6.45, 7) is 5.49. The number of ether oxygens (including phenoxy) is 1. The molecule has 7 heteroatoms. The van der Waals surface area contributed by atoms with Crippen LogP contribution in [0.15, 0.2) is 54.6 Å². The average molecular weight is 410 g/mol. The number of amides is 2. The van der Waals surface area contributed by atoms with Gasteiger partial charge in [-0.25, -0.2) is 9.59 Å². The van der Waals surface area contributed by atoms with Crippen molar-refractivity contribution < 1.29 is 24.2 Å². The van der Waals surface area contributed by atoms with Crippen molar-refractivity contribution in [3.63, 3.8) is 0 Å². The summed E-state index contributed by atoms with van der Waals surface area (Å²) in [4.78, 5) is 39.2. The Hall–Kier alpha value is -3.35. The summed E-state index contributed by atoms with van der Waals surface area (Å²) < 4.78 is 5.50. The van der Waals surface area contributed by atoms with Gasteiger partial charge in [0, 0.05) is 6.42 Å². The quantitative estimate of drug-likeness (QED) is 0.806. The number of carbonyl (C=O) groups is 3. The molecule has 7 nitrogen and oxygen atoms in total. The summed E-state index contributed by atoms with van der Waals surface area (Å²) in [6.07, 6.45) is -0.328. The molecule has 1 aliphatic rings. The number of nitrogens with one attached hydrogen (secondary N) is 1. The van der Waals surface area contributed by atoms with Crippen molar-refractivity contribution in [2.75, 3.05) is 0 Å². The third-order valence-corrected chi connectivity index (χ3v) is 4.85. The zero-order valence-corrected chi connectivity index (χ0v) is 17.3. The molecule has 0 bridgehead atoms. The van der Waals surface area contributed by atoms with E-state index >= 15 is 0 Å². The summed E-state index contributed by atoms with van der Waals surface area (Å²) in [5, 5.41) is 12.2. The van der Waals surface area contributed by atoms with Gasteiger partial charge in [0.1, 0.15) is 11.6 Å². The molecule has 0 unspecified atom stereocenters. The molecule has 158 valence electrons. The molecule has 0 saturated carbocycles. The van der Waals surface area contributed by atoms with Crippen molar-refractivity contribution in [1.29, 1.82) is 0 Å². The summed E-state index contributed by atoms with van der Waals surface area (Å²) >= 11 is 0. The Kier molecular flexibility index (Phi) is 6.10. The SMILES string of the molecule is CC(C)(C)OC(=O)N1Cc2ccccc2C[C@H]1C(=O)N[C@@H](C(=O)O)c1ccccc1. The third kappa shape index (κ3) is 4.97. The number of nitrogens with zero attached hydrogens (tertiary/aromatic N) is 1. The van der Waals surface area contributed by atoms with Gasteiger partial charge < -0.3 is 15.2 Å². The maximum absolute atomic E-state index is 13.2. The molecule has 0 saturated heterocycles. The minimum Gasteiger partial charge on any atom is -0.479 e. The molecule has 2 aromatic carbocycles.